The molecule has 0 unspecified atom stereocenters. The molecule has 0 saturated carbocycles. The van der Waals surface area contributed by atoms with E-state index in [-0.39, 0.29) is 5.91 Å². The number of carbonyl (C=O) groups is 1. The maximum Gasteiger partial charge on any atom is 0.286 e. The minimum absolute atomic E-state index is 0.167. The number of anilines is 3. The van der Waals surface area contributed by atoms with Gasteiger partial charge in [0.1, 0.15) is 0 Å². The second-order valence-electron chi connectivity index (χ2n) is 8.70. The Labute approximate surface area is 198 Å². The molecule has 33 heavy (non-hydrogen) atoms. The molecule has 3 aliphatic rings. The van der Waals surface area contributed by atoms with E-state index in [1.54, 1.807) is 0 Å². The molecule has 5 heteroatoms. The Morgan fingerprint density at radius 2 is 1.42 bits per heavy atom. The van der Waals surface area contributed by atoms with Gasteiger partial charge in [0.2, 0.25) is 0 Å². The molecule has 3 heterocycles. The zero-order valence-corrected chi connectivity index (χ0v) is 19.2. The predicted molar refractivity (Wildman–Crippen MR) is 138 cm³/mol. The molecule has 0 fully saturated rings. The lowest BCUT2D eigenvalue weighted by atomic mass is 9.90. The van der Waals surface area contributed by atoms with Crippen molar-refractivity contribution in [1.29, 1.82) is 0 Å². The maximum absolute atomic E-state index is 13.0. The number of amidine groups is 1. The van der Waals surface area contributed by atoms with Crippen LogP contribution in [0.2, 0.25) is 0 Å². The third-order valence-corrected chi connectivity index (χ3v) is 7.45. The Bertz CT molecular complexity index is 1200. The van der Waals surface area contributed by atoms with Gasteiger partial charge in [-0.2, -0.15) is 4.99 Å². The summed E-state index contributed by atoms with van der Waals surface area (Å²) in [5.41, 5.74) is 7.40. The highest BCUT2D eigenvalue weighted by Gasteiger charge is 2.29. The van der Waals surface area contributed by atoms with Crippen molar-refractivity contribution in [1.82, 2.24) is 0 Å². The van der Waals surface area contributed by atoms with Crippen molar-refractivity contribution in [3.05, 3.63) is 94.4 Å². The summed E-state index contributed by atoms with van der Waals surface area (Å²) in [6, 6.07) is 24.8. The Kier molecular flexibility index (Phi) is 5.27. The molecule has 3 aromatic rings. The highest BCUT2D eigenvalue weighted by Crippen LogP contribution is 2.39. The van der Waals surface area contributed by atoms with Crippen LogP contribution in [0.25, 0.3) is 6.08 Å². The van der Waals surface area contributed by atoms with E-state index < -0.39 is 0 Å². The van der Waals surface area contributed by atoms with Crippen LogP contribution in [0.15, 0.2) is 82.7 Å². The van der Waals surface area contributed by atoms with Crippen LogP contribution in [0.4, 0.5) is 17.1 Å². The van der Waals surface area contributed by atoms with Crippen molar-refractivity contribution in [2.75, 3.05) is 22.9 Å². The number of benzene rings is 3. The van der Waals surface area contributed by atoms with E-state index >= 15 is 0 Å². The molecule has 0 saturated heterocycles. The minimum Gasteiger partial charge on any atom is -0.371 e. The van der Waals surface area contributed by atoms with E-state index in [0.29, 0.717) is 10.1 Å². The van der Waals surface area contributed by atoms with Crippen LogP contribution in [0, 0.1) is 0 Å². The third-order valence-electron chi connectivity index (χ3n) is 6.48. The summed E-state index contributed by atoms with van der Waals surface area (Å²) in [5.74, 6) is -0.167. The van der Waals surface area contributed by atoms with Crippen LogP contribution >= 0.6 is 11.8 Å². The Hall–Kier alpha value is -3.31. The first kappa shape index (κ1) is 20.3. The standard InChI is InChI=1S/C28H25N3OS/c32-27-25(19-20-17-21-9-7-15-30-16-8-10-22(18-20)26(21)30)33-28(29-27)31(23-11-3-1-4-12-23)24-13-5-2-6-14-24/h1-6,11-14,17-19H,7-10,15-16H2/b25-19+. The van der Waals surface area contributed by atoms with Gasteiger partial charge in [-0.15, -0.1) is 0 Å². The highest BCUT2D eigenvalue weighted by atomic mass is 32.2. The SMILES string of the molecule is O=C1N=C(N(c2ccccc2)c2ccccc2)S/C1=C/c1cc2c3c(c1)CCCN3CCC2. The van der Waals surface area contributed by atoms with E-state index in [2.05, 4.69) is 26.9 Å². The van der Waals surface area contributed by atoms with Crippen LogP contribution in [-0.4, -0.2) is 24.2 Å². The van der Waals surface area contributed by atoms with Crippen LogP contribution < -0.4 is 9.80 Å². The normalized spacial score (nSPS) is 18.3. The lowest BCUT2D eigenvalue weighted by Crippen LogP contribution is -2.34. The summed E-state index contributed by atoms with van der Waals surface area (Å²) < 4.78 is 0. The lowest BCUT2D eigenvalue weighted by molar-refractivity contribution is -0.113. The molecule has 4 nitrogen and oxygen atoms in total. The number of hydrogen-bond acceptors (Lipinski definition) is 4. The van der Waals surface area contributed by atoms with Gasteiger partial charge in [0, 0.05) is 30.2 Å². The number of aryl methyl sites for hydroxylation is 2. The average molecular weight is 452 g/mol. The molecule has 0 aliphatic carbocycles. The summed E-state index contributed by atoms with van der Waals surface area (Å²) in [6.45, 7) is 2.33. The van der Waals surface area contributed by atoms with Crippen molar-refractivity contribution >= 4 is 46.0 Å². The highest BCUT2D eigenvalue weighted by molar-refractivity contribution is 8.18. The first-order valence-corrected chi connectivity index (χ1v) is 12.4. The minimum atomic E-state index is -0.167. The molecule has 164 valence electrons. The molecule has 0 aromatic heterocycles. The van der Waals surface area contributed by atoms with Gasteiger partial charge in [-0.05, 0) is 96.6 Å². The lowest BCUT2D eigenvalue weighted by Gasteiger charge is -2.37. The van der Waals surface area contributed by atoms with Crippen molar-refractivity contribution in [3.8, 4) is 0 Å². The largest absolute Gasteiger partial charge is 0.371 e. The van der Waals surface area contributed by atoms with Crippen molar-refractivity contribution in [2.24, 2.45) is 4.99 Å². The van der Waals surface area contributed by atoms with Gasteiger partial charge in [-0.3, -0.25) is 9.69 Å². The molecule has 0 spiro atoms. The summed E-state index contributed by atoms with van der Waals surface area (Å²) in [5, 5.41) is 0.689. The number of thioether (sulfide) groups is 1. The van der Waals surface area contributed by atoms with Gasteiger partial charge in [0.25, 0.3) is 5.91 Å². The molecule has 6 rings (SSSR count). The molecule has 3 aromatic carbocycles. The molecule has 1 amide bonds. The van der Waals surface area contributed by atoms with Crippen LogP contribution in [-0.2, 0) is 17.6 Å². The van der Waals surface area contributed by atoms with E-state index in [0.717, 1.165) is 29.8 Å². The molecular weight excluding hydrogens is 426 g/mol. The van der Waals surface area contributed by atoms with Gasteiger partial charge in [0.05, 0.1) is 4.91 Å². The number of rotatable bonds is 3. The smallest absolute Gasteiger partial charge is 0.286 e. The first-order chi connectivity index (χ1) is 16.3. The zero-order chi connectivity index (χ0) is 22.2. The molecular formula is C28H25N3OS. The van der Waals surface area contributed by atoms with E-state index in [1.807, 2.05) is 66.7 Å². The Balaban J connectivity index is 1.34. The van der Waals surface area contributed by atoms with Gasteiger partial charge in [-0.25, -0.2) is 0 Å². The van der Waals surface area contributed by atoms with Crippen LogP contribution in [0.5, 0.6) is 0 Å². The summed E-state index contributed by atoms with van der Waals surface area (Å²) in [6.07, 6.45) is 6.68. The topological polar surface area (TPSA) is 35.9 Å². The molecule has 0 bridgehead atoms. The predicted octanol–water partition coefficient (Wildman–Crippen LogP) is 6.19. The second-order valence-corrected chi connectivity index (χ2v) is 9.71. The van der Waals surface area contributed by atoms with E-state index in [1.165, 1.54) is 54.5 Å². The van der Waals surface area contributed by atoms with Crippen molar-refractivity contribution in [3.63, 3.8) is 0 Å². The maximum atomic E-state index is 13.0. The Morgan fingerprint density at radius 3 is 2.00 bits per heavy atom. The number of aliphatic imine (C=N–C) groups is 1. The van der Waals surface area contributed by atoms with Gasteiger partial charge in [-0.1, -0.05) is 36.4 Å². The average Bonchev–Trinajstić information content (AvgIpc) is 3.20. The zero-order valence-electron chi connectivity index (χ0n) is 18.4. The number of hydrogen-bond donors (Lipinski definition) is 0. The monoisotopic (exact) mass is 451 g/mol. The van der Waals surface area contributed by atoms with E-state index in [4.69, 9.17) is 0 Å². The summed E-state index contributed by atoms with van der Waals surface area (Å²) in [7, 11) is 0. The number of nitrogens with zero attached hydrogens (tertiary/aromatic N) is 3. The summed E-state index contributed by atoms with van der Waals surface area (Å²) >= 11 is 1.45. The van der Waals surface area contributed by atoms with Gasteiger partial charge in [0.15, 0.2) is 5.17 Å². The number of para-hydroxylation sites is 2. The summed E-state index contributed by atoms with van der Waals surface area (Å²) in [4.78, 5) is 22.7. The fourth-order valence-corrected chi connectivity index (χ4v) is 6.04. The molecule has 0 atom stereocenters. The van der Waals surface area contributed by atoms with Gasteiger partial charge < -0.3 is 4.90 Å². The fourth-order valence-electron chi connectivity index (χ4n) is 5.08. The van der Waals surface area contributed by atoms with Crippen LogP contribution in [0.3, 0.4) is 0 Å². The number of carbonyl (C=O) groups excluding carboxylic acids is 1. The van der Waals surface area contributed by atoms with Crippen molar-refractivity contribution < 1.29 is 4.79 Å². The quantitative estimate of drug-likeness (QED) is 0.445. The Morgan fingerprint density at radius 1 is 0.848 bits per heavy atom. The third kappa shape index (κ3) is 3.87. The molecule has 0 N–H and O–H groups in total. The fraction of sp³-hybridized carbons (Fsp3) is 0.214. The molecule has 0 radical (unpaired) electrons. The number of amides is 1. The molecule has 3 aliphatic heterocycles. The van der Waals surface area contributed by atoms with Crippen LogP contribution in [0.1, 0.15) is 29.5 Å². The van der Waals surface area contributed by atoms with Crippen molar-refractivity contribution in [2.45, 2.75) is 25.7 Å². The van der Waals surface area contributed by atoms with Gasteiger partial charge >= 0.3 is 0 Å². The van der Waals surface area contributed by atoms with E-state index in [9.17, 15) is 4.79 Å². The second kappa shape index (κ2) is 8.56. The first-order valence-electron chi connectivity index (χ1n) is 11.6.